The molecular weight excluding hydrogens is 535 g/mol. The lowest BCUT2D eigenvalue weighted by Gasteiger charge is -2.43. The lowest BCUT2D eigenvalue weighted by Crippen LogP contribution is -2.45. The van der Waals surface area contributed by atoms with E-state index in [9.17, 15) is 9.90 Å². The van der Waals surface area contributed by atoms with Crippen molar-refractivity contribution < 1.29 is 19.4 Å². The highest BCUT2D eigenvalue weighted by Crippen LogP contribution is 2.42. The van der Waals surface area contributed by atoms with E-state index in [-0.39, 0.29) is 24.7 Å². The Hall–Kier alpha value is -1.38. The number of amides is 1. The molecule has 2 heterocycles. The Labute approximate surface area is 234 Å². The van der Waals surface area contributed by atoms with E-state index < -0.39 is 16.0 Å². The predicted molar refractivity (Wildman–Crippen MR) is 148 cm³/mol. The first kappa shape index (κ1) is 28.6. The van der Waals surface area contributed by atoms with Gasteiger partial charge < -0.3 is 24.8 Å². The smallest absolute Gasteiger partial charge is 0.276 e. The van der Waals surface area contributed by atoms with Crippen molar-refractivity contribution in [3.63, 3.8) is 0 Å². The second-order valence-corrected chi connectivity index (χ2v) is 12.2. The van der Waals surface area contributed by atoms with Gasteiger partial charge in [0.05, 0.1) is 18.8 Å². The molecule has 202 valence electrons. The molecule has 4 unspecified atom stereocenters. The average Bonchev–Trinajstić information content (AvgIpc) is 2.86. The van der Waals surface area contributed by atoms with E-state index in [0.717, 1.165) is 36.3 Å². The number of carbonyl (C=O) groups is 1. The Balaban J connectivity index is 1.54. The predicted octanol–water partition coefficient (Wildman–Crippen LogP) is 6.55. The number of hydrogen-bond donors (Lipinski definition) is 2. The molecule has 2 aliphatic rings. The minimum absolute atomic E-state index is 0.00580. The number of nitrogens with one attached hydrogen (secondary N) is 1. The van der Waals surface area contributed by atoms with Crippen LogP contribution in [0.5, 0.6) is 0 Å². The van der Waals surface area contributed by atoms with Crippen LogP contribution < -0.4 is 5.32 Å². The van der Waals surface area contributed by atoms with Gasteiger partial charge >= 0.3 is 0 Å². The van der Waals surface area contributed by atoms with Crippen molar-refractivity contribution in [1.29, 1.82) is 0 Å². The van der Waals surface area contributed by atoms with Crippen LogP contribution in [0.2, 0.25) is 0 Å². The van der Waals surface area contributed by atoms with Gasteiger partial charge in [-0.15, -0.1) is 0 Å². The molecule has 9 heteroatoms. The normalized spacial score (nSPS) is 25.8. The molecule has 0 aliphatic carbocycles. The minimum Gasteiger partial charge on any atom is -0.392 e. The molecule has 2 N–H and O–H groups in total. The molecular formula is C28H35Cl3N2O4. The monoisotopic (exact) mass is 568 g/mol. The van der Waals surface area contributed by atoms with E-state index in [1.54, 1.807) is 12.1 Å². The van der Waals surface area contributed by atoms with Crippen molar-refractivity contribution in [3.8, 4) is 0 Å². The van der Waals surface area contributed by atoms with E-state index in [1.807, 2.05) is 36.4 Å². The Morgan fingerprint density at radius 2 is 1.54 bits per heavy atom. The lowest BCUT2D eigenvalue weighted by atomic mass is 9.89. The molecule has 1 amide bonds. The van der Waals surface area contributed by atoms with Crippen LogP contribution in [0.15, 0.2) is 48.5 Å². The fraction of sp³-hybridized carbons (Fsp3) is 0.536. The molecule has 2 aromatic carbocycles. The topological polar surface area (TPSA) is 71.0 Å². The Kier molecular flexibility index (Phi) is 10.1. The number of rotatable bonds is 6. The van der Waals surface area contributed by atoms with Crippen LogP contribution in [-0.4, -0.2) is 45.4 Å². The number of anilines is 1. The van der Waals surface area contributed by atoms with Gasteiger partial charge in [0, 0.05) is 23.7 Å². The molecule has 4 atom stereocenters. The van der Waals surface area contributed by atoms with Gasteiger partial charge in [-0.05, 0) is 49.2 Å². The maximum absolute atomic E-state index is 12.0. The van der Waals surface area contributed by atoms with E-state index in [0.29, 0.717) is 5.69 Å². The highest BCUT2D eigenvalue weighted by molar-refractivity contribution is 6.76. The summed E-state index contributed by atoms with van der Waals surface area (Å²) in [5, 5.41) is 12.1. The molecule has 2 aromatic rings. The molecule has 2 saturated heterocycles. The molecule has 2 aliphatic heterocycles. The lowest BCUT2D eigenvalue weighted by molar-refractivity contribution is -0.276. The van der Waals surface area contributed by atoms with Gasteiger partial charge in [0.1, 0.15) is 0 Å². The number of likely N-dealkylation sites (tertiary alicyclic amines) is 1. The van der Waals surface area contributed by atoms with Crippen LogP contribution in [0, 0.1) is 5.92 Å². The van der Waals surface area contributed by atoms with Crippen molar-refractivity contribution in [1.82, 2.24) is 4.90 Å². The number of ether oxygens (including phenoxy) is 2. The summed E-state index contributed by atoms with van der Waals surface area (Å²) < 4.78 is 11.1. The van der Waals surface area contributed by atoms with Crippen LogP contribution in [0.4, 0.5) is 5.69 Å². The van der Waals surface area contributed by atoms with Crippen molar-refractivity contribution >= 4 is 46.4 Å². The number of carbonyl (C=O) groups excluding carboxylic acids is 1. The van der Waals surface area contributed by atoms with E-state index in [2.05, 4.69) is 17.1 Å². The summed E-state index contributed by atoms with van der Waals surface area (Å²) in [6, 6.07) is 15.1. The first-order valence-corrected chi connectivity index (χ1v) is 14.1. The number of hydrogen-bond acceptors (Lipinski definition) is 5. The molecule has 2 fully saturated rings. The summed E-state index contributed by atoms with van der Waals surface area (Å²) in [5.74, 6) is -0.589. The largest absolute Gasteiger partial charge is 0.392 e. The van der Waals surface area contributed by atoms with Crippen LogP contribution in [0.25, 0.3) is 0 Å². The zero-order valence-corrected chi connectivity index (χ0v) is 23.3. The summed E-state index contributed by atoms with van der Waals surface area (Å²) in [6.45, 7) is 5.22. The SMILES string of the molecule is CC1C(CN2CCCCCCC2)OC(c2ccc(NC(=O)C(Cl)(Cl)Cl)cc2)OC1c1ccc(CO)cc1. The second kappa shape index (κ2) is 13.1. The number of alkyl halides is 3. The highest BCUT2D eigenvalue weighted by Gasteiger charge is 2.39. The number of aliphatic hydroxyl groups excluding tert-OH is 1. The Morgan fingerprint density at radius 3 is 2.14 bits per heavy atom. The highest BCUT2D eigenvalue weighted by atomic mass is 35.6. The fourth-order valence-corrected chi connectivity index (χ4v) is 5.15. The third-order valence-corrected chi connectivity index (χ3v) is 7.72. The number of nitrogens with zero attached hydrogens (tertiary/aromatic N) is 1. The second-order valence-electron chi connectivity index (χ2n) is 9.96. The van der Waals surface area contributed by atoms with Gasteiger partial charge in [0.15, 0.2) is 6.29 Å². The standard InChI is InChI=1S/C28H35Cl3N2O4/c1-19-24(17-33-15-5-3-2-4-6-16-33)36-26(37-25(19)21-9-7-20(18-34)8-10-21)22-11-13-23(14-12-22)32-27(35)28(29,30)31/h7-14,19,24-26,34H,2-6,15-18H2,1H3,(H,32,35). The van der Waals surface area contributed by atoms with Gasteiger partial charge in [-0.25, -0.2) is 0 Å². The van der Waals surface area contributed by atoms with Gasteiger partial charge in [-0.3, -0.25) is 4.79 Å². The summed E-state index contributed by atoms with van der Waals surface area (Å²) in [6.07, 6.45) is 5.55. The van der Waals surface area contributed by atoms with Crippen molar-refractivity contribution in [3.05, 3.63) is 65.2 Å². The van der Waals surface area contributed by atoms with Crippen LogP contribution >= 0.6 is 34.8 Å². The summed E-state index contributed by atoms with van der Waals surface area (Å²) in [7, 11) is 0. The molecule has 4 rings (SSSR count). The maximum Gasteiger partial charge on any atom is 0.276 e. The van der Waals surface area contributed by atoms with Crippen LogP contribution in [-0.2, 0) is 20.9 Å². The number of halogens is 3. The van der Waals surface area contributed by atoms with Gasteiger partial charge in [-0.2, -0.15) is 0 Å². The quantitative estimate of drug-likeness (QED) is 0.386. The Morgan fingerprint density at radius 1 is 0.946 bits per heavy atom. The molecule has 37 heavy (non-hydrogen) atoms. The molecule has 0 saturated carbocycles. The van der Waals surface area contributed by atoms with Crippen molar-refractivity contribution in [2.75, 3.05) is 25.0 Å². The van der Waals surface area contributed by atoms with Crippen molar-refractivity contribution in [2.24, 2.45) is 5.92 Å². The number of aliphatic hydroxyl groups is 1. The summed E-state index contributed by atoms with van der Waals surface area (Å²) >= 11 is 17.0. The van der Waals surface area contributed by atoms with E-state index >= 15 is 0 Å². The van der Waals surface area contributed by atoms with Crippen LogP contribution in [0.3, 0.4) is 0 Å². The fourth-order valence-electron chi connectivity index (χ4n) is 5.00. The molecule has 0 bridgehead atoms. The zero-order chi connectivity index (χ0) is 26.4. The van der Waals surface area contributed by atoms with Gasteiger partial charge in [0.25, 0.3) is 9.70 Å². The minimum atomic E-state index is -2.04. The zero-order valence-electron chi connectivity index (χ0n) is 21.0. The summed E-state index contributed by atoms with van der Waals surface area (Å²) in [5.41, 5.74) is 3.28. The molecule has 0 spiro atoms. The Bertz CT molecular complexity index is 1010. The third kappa shape index (κ3) is 7.82. The van der Waals surface area contributed by atoms with Gasteiger partial charge in [0.2, 0.25) is 0 Å². The first-order valence-electron chi connectivity index (χ1n) is 13.0. The first-order chi connectivity index (χ1) is 17.7. The van der Waals surface area contributed by atoms with E-state index in [1.165, 1.54) is 32.1 Å². The summed E-state index contributed by atoms with van der Waals surface area (Å²) in [4.78, 5) is 14.5. The molecule has 0 aromatic heterocycles. The average molecular weight is 570 g/mol. The number of benzene rings is 2. The van der Waals surface area contributed by atoms with Crippen molar-refractivity contribution in [2.45, 2.75) is 67.9 Å². The van der Waals surface area contributed by atoms with Crippen LogP contribution in [0.1, 0.15) is 68.1 Å². The molecule has 6 nitrogen and oxygen atoms in total. The maximum atomic E-state index is 12.0. The van der Waals surface area contributed by atoms with Gasteiger partial charge in [-0.1, -0.05) is 97.4 Å². The molecule has 0 radical (unpaired) electrons. The third-order valence-electron chi connectivity index (χ3n) is 7.21. The van der Waals surface area contributed by atoms with E-state index in [4.69, 9.17) is 44.3 Å².